The Morgan fingerprint density at radius 3 is 2.35 bits per heavy atom. The fourth-order valence-corrected chi connectivity index (χ4v) is 4.42. The summed E-state index contributed by atoms with van der Waals surface area (Å²) in [4.78, 5) is 0. The van der Waals surface area contributed by atoms with Gasteiger partial charge in [0.05, 0.1) is 18.8 Å². The van der Waals surface area contributed by atoms with Crippen molar-refractivity contribution in [2.75, 3.05) is 31.7 Å². The van der Waals surface area contributed by atoms with E-state index < -0.39 is 30.0 Å². The number of nitrogens with one attached hydrogen (secondary N) is 1. The van der Waals surface area contributed by atoms with Crippen LogP contribution in [0.2, 0.25) is 0 Å². The van der Waals surface area contributed by atoms with Crippen LogP contribution in [0.4, 0.5) is 23.2 Å². The van der Waals surface area contributed by atoms with Gasteiger partial charge in [0.2, 0.25) is 0 Å². The molecule has 3 N–H and O–H groups in total. The van der Waals surface area contributed by atoms with Crippen molar-refractivity contribution in [2.45, 2.75) is 18.6 Å². The number of aliphatic hydroxyl groups is 1. The summed E-state index contributed by atoms with van der Waals surface area (Å²) in [6.07, 6.45) is -6.39. The number of aromatic hydroxyl groups is 1. The lowest BCUT2D eigenvalue weighted by Crippen LogP contribution is -2.19. The van der Waals surface area contributed by atoms with E-state index in [1.165, 1.54) is 12.1 Å². The quantitative estimate of drug-likeness (QED) is 0.382. The first-order valence-corrected chi connectivity index (χ1v) is 11.5. The normalized spacial score (nSPS) is 16.9. The van der Waals surface area contributed by atoms with Gasteiger partial charge < -0.3 is 29.7 Å². The minimum Gasteiger partial charge on any atom is -0.508 e. The lowest BCUT2D eigenvalue weighted by Gasteiger charge is -2.29. The molecule has 0 radical (unpaired) electrons. The Morgan fingerprint density at radius 1 is 0.973 bits per heavy atom. The molecule has 0 aliphatic carbocycles. The van der Waals surface area contributed by atoms with Crippen LogP contribution < -0.4 is 10.1 Å². The summed E-state index contributed by atoms with van der Waals surface area (Å²) < 4.78 is 70.6. The molecule has 194 valence electrons. The fraction of sp³-hybridized carbons (Fsp3) is 0.259. The van der Waals surface area contributed by atoms with Gasteiger partial charge in [0, 0.05) is 29.4 Å². The first kappa shape index (κ1) is 25.1. The van der Waals surface area contributed by atoms with Gasteiger partial charge in [-0.25, -0.2) is 4.39 Å². The molecular weight excluding hydrogens is 494 g/mol. The fourth-order valence-electron chi connectivity index (χ4n) is 4.42. The van der Waals surface area contributed by atoms with Crippen LogP contribution in [0, 0.1) is 5.82 Å². The average molecular weight is 517 g/mol. The number of halogens is 4. The molecule has 0 aromatic heterocycles. The van der Waals surface area contributed by atoms with Crippen molar-refractivity contribution in [3.05, 3.63) is 88.7 Å². The van der Waals surface area contributed by atoms with E-state index in [-0.39, 0.29) is 24.5 Å². The molecule has 0 bridgehead atoms. The topological polar surface area (TPSA) is 80.2 Å². The number of aliphatic hydroxyl groups excluding tert-OH is 1. The molecule has 3 aromatic carbocycles. The molecule has 1 saturated heterocycles. The molecular formula is C27H23F4NO5. The average Bonchev–Trinajstić information content (AvgIpc) is 3.40. The van der Waals surface area contributed by atoms with Gasteiger partial charge in [-0.3, -0.25) is 0 Å². The third kappa shape index (κ3) is 5.27. The van der Waals surface area contributed by atoms with Crippen LogP contribution in [0.25, 0.3) is 11.1 Å². The van der Waals surface area contributed by atoms with E-state index in [0.717, 1.165) is 12.1 Å². The second-order valence-corrected chi connectivity index (χ2v) is 8.62. The van der Waals surface area contributed by atoms with E-state index in [4.69, 9.17) is 14.2 Å². The van der Waals surface area contributed by atoms with Crippen LogP contribution in [0.15, 0.2) is 60.7 Å². The maximum atomic E-state index is 15.0. The molecule has 0 saturated carbocycles. The number of alkyl halides is 3. The third-order valence-electron chi connectivity index (χ3n) is 6.24. The largest absolute Gasteiger partial charge is 0.508 e. The van der Waals surface area contributed by atoms with E-state index in [1.54, 1.807) is 30.3 Å². The number of hydrogen-bond donors (Lipinski definition) is 3. The molecule has 5 rings (SSSR count). The molecule has 0 spiro atoms. The zero-order chi connectivity index (χ0) is 26.2. The standard InChI is InChI=1S/C27H23F4NO5/c28-22-11-16(27(29,30)31)3-7-19(22)21-13-32-23-12-17(33)4-8-20(23)25(21)26(34)15-1-5-18(6-2-15)37-14-24-35-9-10-36-24/h1-8,11-12,24,26,32-34H,9-10,13-14H2/t26-/m1/s1. The Balaban J connectivity index is 1.51. The van der Waals surface area contributed by atoms with Gasteiger partial charge in [0.25, 0.3) is 0 Å². The van der Waals surface area contributed by atoms with Gasteiger partial charge >= 0.3 is 6.18 Å². The van der Waals surface area contributed by atoms with Gasteiger partial charge in [0.1, 0.15) is 30.0 Å². The van der Waals surface area contributed by atoms with Crippen molar-refractivity contribution in [2.24, 2.45) is 0 Å². The van der Waals surface area contributed by atoms with E-state index in [0.29, 0.717) is 53.0 Å². The van der Waals surface area contributed by atoms with E-state index in [1.807, 2.05) is 0 Å². The first-order valence-electron chi connectivity index (χ1n) is 11.5. The van der Waals surface area contributed by atoms with E-state index in [9.17, 15) is 27.8 Å². The predicted octanol–water partition coefficient (Wildman–Crippen LogP) is 5.37. The second kappa shape index (κ2) is 10.0. The van der Waals surface area contributed by atoms with Crippen molar-refractivity contribution in [1.29, 1.82) is 0 Å². The number of benzene rings is 3. The number of hydrogen-bond acceptors (Lipinski definition) is 6. The molecule has 0 amide bonds. The van der Waals surface area contributed by atoms with Gasteiger partial charge in [-0.2, -0.15) is 13.2 Å². The number of ether oxygens (including phenoxy) is 3. The Kier molecular flexibility index (Phi) is 6.80. The van der Waals surface area contributed by atoms with Crippen molar-refractivity contribution < 1.29 is 42.0 Å². The lowest BCUT2D eigenvalue weighted by molar-refractivity contribution is -0.137. The summed E-state index contributed by atoms with van der Waals surface area (Å²) in [5.41, 5.74) is 0.894. The molecule has 2 aliphatic rings. The molecule has 1 atom stereocenters. The Morgan fingerprint density at radius 2 is 1.68 bits per heavy atom. The highest BCUT2D eigenvalue weighted by Crippen LogP contribution is 2.44. The zero-order valence-electron chi connectivity index (χ0n) is 19.4. The minimum atomic E-state index is -4.69. The molecule has 0 unspecified atom stereocenters. The molecule has 2 heterocycles. The highest BCUT2D eigenvalue weighted by Gasteiger charge is 2.33. The third-order valence-corrected chi connectivity index (χ3v) is 6.24. The molecule has 1 fully saturated rings. The van der Waals surface area contributed by atoms with E-state index in [2.05, 4.69) is 5.32 Å². The lowest BCUT2D eigenvalue weighted by atomic mass is 9.84. The molecule has 3 aromatic rings. The monoisotopic (exact) mass is 517 g/mol. The van der Waals surface area contributed by atoms with Gasteiger partial charge in [0.15, 0.2) is 6.29 Å². The Bertz CT molecular complexity index is 1320. The predicted molar refractivity (Wildman–Crippen MR) is 127 cm³/mol. The molecule has 2 aliphatic heterocycles. The molecule has 6 nitrogen and oxygen atoms in total. The highest BCUT2D eigenvalue weighted by atomic mass is 19.4. The number of anilines is 1. The maximum absolute atomic E-state index is 15.0. The summed E-state index contributed by atoms with van der Waals surface area (Å²) in [5, 5.41) is 24.4. The molecule has 10 heteroatoms. The van der Waals surface area contributed by atoms with Gasteiger partial charge in [-0.1, -0.05) is 18.2 Å². The minimum absolute atomic E-state index is 0.0130. The summed E-state index contributed by atoms with van der Waals surface area (Å²) >= 11 is 0. The van der Waals surface area contributed by atoms with Crippen LogP contribution >= 0.6 is 0 Å². The maximum Gasteiger partial charge on any atom is 0.416 e. The smallest absolute Gasteiger partial charge is 0.416 e. The summed E-state index contributed by atoms with van der Waals surface area (Å²) in [7, 11) is 0. The van der Waals surface area contributed by atoms with Crippen LogP contribution in [0.3, 0.4) is 0 Å². The second-order valence-electron chi connectivity index (χ2n) is 8.62. The van der Waals surface area contributed by atoms with E-state index >= 15 is 0 Å². The highest BCUT2D eigenvalue weighted by molar-refractivity contribution is 6.00. The number of phenolic OH excluding ortho intramolecular Hbond substituents is 1. The van der Waals surface area contributed by atoms with Crippen molar-refractivity contribution in [3.63, 3.8) is 0 Å². The van der Waals surface area contributed by atoms with Crippen LogP contribution in [0.5, 0.6) is 11.5 Å². The van der Waals surface area contributed by atoms with Crippen LogP contribution in [-0.4, -0.2) is 42.9 Å². The van der Waals surface area contributed by atoms with Gasteiger partial charge in [-0.15, -0.1) is 0 Å². The summed E-state index contributed by atoms with van der Waals surface area (Å²) in [5.74, 6) is -0.548. The number of rotatable bonds is 6. The van der Waals surface area contributed by atoms with Crippen molar-refractivity contribution >= 4 is 16.8 Å². The molecule has 37 heavy (non-hydrogen) atoms. The van der Waals surface area contributed by atoms with Crippen LogP contribution in [-0.2, 0) is 15.7 Å². The van der Waals surface area contributed by atoms with Crippen molar-refractivity contribution in [1.82, 2.24) is 0 Å². The number of phenols is 1. The van der Waals surface area contributed by atoms with Crippen molar-refractivity contribution in [3.8, 4) is 11.5 Å². The SMILES string of the molecule is Oc1ccc2c(c1)NCC(c1ccc(C(F)(F)F)cc1F)=C2[C@H](O)c1ccc(OCC2OCCO2)cc1. The van der Waals surface area contributed by atoms with Gasteiger partial charge in [-0.05, 0) is 53.1 Å². The summed E-state index contributed by atoms with van der Waals surface area (Å²) in [6, 6.07) is 13.4. The zero-order valence-corrected chi connectivity index (χ0v) is 19.4. The van der Waals surface area contributed by atoms with Crippen LogP contribution in [0.1, 0.15) is 28.4 Å². The first-order chi connectivity index (χ1) is 17.7. The Labute approximate surface area is 209 Å². The Hall–Kier alpha value is -3.60. The number of fused-ring (bicyclic) bond motifs is 1. The summed E-state index contributed by atoms with van der Waals surface area (Å²) in [6.45, 7) is 1.23.